The summed E-state index contributed by atoms with van der Waals surface area (Å²) in [5.41, 5.74) is 0.265. The summed E-state index contributed by atoms with van der Waals surface area (Å²) in [6, 6.07) is 0. The van der Waals surface area contributed by atoms with Crippen molar-refractivity contribution in [1.82, 2.24) is 4.90 Å². The lowest BCUT2D eigenvalue weighted by Gasteiger charge is -2.35. The Kier molecular flexibility index (Phi) is 7.16. The van der Waals surface area contributed by atoms with E-state index in [9.17, 15) is 4.39 Å². The second-order valence-electron chi connectivity index (χ2n) is 6.04. The minimum Gasteiger partial charge on any atom is -0.374 e. The van der Waals surface area contributed by atoms with E-state index in [2.05, 4.69) is 25.7 Å². The van der Waals surface area contributed by atoms with Gasteiger partial charge in [-0.15, -0.1) is 0 Å². The Balaban J connectivity index is 2.25. The van der Waals surface area contributed by atoms with Gasteiger partial charge in [-0.2, -0.15) is 0 Å². The predicted octanol–water partition coefficient (Wildman–Crippen LogP) is 3.80. The van der Waals surface area contributed by atoms with Crippen molar-refractivity contribution in [3.05, 3.63) is 0 Å². The molecule has 1 saturated heterocycles. The van der Waals surface area contributed by atoms with Gasteiger partial charge in [0.25, 0.3) is 0 Å². The standard InChI is InChI=1S/C15H30FNO/c1-4-5-6-7-9-15(2,3)17-11-8-14(13-17)18-12-10-16/h14H,4-13H2,1-3H3. The van der Waals surface area contributed by atoms with Gasteiger partial charge < -0.3 is 4.74 Å². The zero-order chi connectivity index (χ0) is 13.4. The Morgan fingerprint density at radius 3 is 2.72 bits per heavy atom. The number of alkyl halides is 1. The molecule has 0 amide bonds. The first kappa shape index (κ1) is 15.9. The first-order valence-electron chi connectivity index (χ1n) is 7.52. The SMILES string of the molecule is CCCCCCC(C)(C)N1CCC(OCCF)C1. The minimum atomic E-state index is -0.364. The lowest BCUT2D eigenvalue weighted by molar-refractivity contribution is 0.0378. The van der Waals surface area contributed by atoms with Crippen LogP contribution in [0, 0.1) is 0 Å². The molecule has 0 aromatic heterocycles. The van der Waals surface area contributed by atoms with Gasteiger partial charge in [-0.25, -0.2) is 4.39 Å². The molecule has 0 N–H and O–H groups in total. The van der Waals surface area contributed by atoms with Crippen LogP contribution in [0.25, 0.3) is 0 Å². The summed E-state index contributed by atoms with van der Waals surface area (Å²) in [5, 5.41) is 0. The van der Waals surface area contributed by atoms with E-state index in [0.717, 1.165) is 19.5 Å². The van der Waals surface area contributed by atoms with E-state index in [0.29, 0.717) is 0 Å². The van der Waals surface area contributed by atoms with Crippen LogP contribution in [0.3, 0.4) is 0 Å². The molecule has 0 spiro atoms. The third kappa shape index (κ3) is 5.23. The molecule has 1 aliphatic rings. The van der Waals surface area contributed by atoms with Gasteiger partial charge in [0, 0.05) is 18.6 Å². The molecule has 1 unspecified atom stereocenters. The van der Waals surface area contributed by atoms with Crippen molar-refractivity contribution in [1.29, 1.82) is 0 Å². The highest BCUT2D eigenvalue weighted by atomic mass is 19.1. The molecular weight excluding hydrogens is 229 g/mol. The monoisotopic (exact) mass is 259 g/mol. The van der Waals surface area contributed by atoms with Crippen molar-refractivity contribution in [3.8, 4) is 0 Å². The highest BCUT2D eigenvalue weighted by Crippen LogP contribution is 2.27. The highest BCUT2D eigenvalue weighted by Gasteiger charge is 2.33. The van der Waals surface area contributed by atoms with E-state index in [1.165, 1.54) is 32.1 Å². The van der Waals surface area contributed by atoms with Gasteiger partial charge in [-0.05, 0) is 26.7 Å². The predicted molar refractivity (Wildman–Crippen MR) is 74.7 cm³/mol. The third-order valence-corrected chi connectivity index (χ3v) is 4.07. The van der Waals surface area contributed by atoms with Gasteiger partial charge in [-0.3, -0.25) is 4.90 Å². The molecule has 0 aliphatic carbocycles. The van der Waals surface area contributed by atoms with Gasteiger partial charge in [0.2, 0.25) is 0 Å². The van der Waals surface area contributed by atoms with E-state index < -0.39 is 0 Å². The van der Waals surface area contributed by atoms with E-state index in [4.69, 9.17) is 4.74 Å². The molecule has 0 aromatic rings. The number of rotatable bonds is 9. The molecule has 2 nitrogen and oxygen atoms in total. The summed E-state index contributed by atoms with van der Waals surface area (Å²) in [6.45, 7) is 8.87. The van der Waals surface area contributed by atoms with Gasteiger partial charge >= 0.3 is 0 Å². The van der Waals surface area contributed by atoms with Crippen molar-refractivity contribution in [2.75, 3.05) is 26.4 Å². The summed E-state index contributed by atoms with van der Waals surface area (Å²) in [5.74, 6) is 0. The number of likely N-dealkylation sites (tertiary alicyclic amines) is 1. The second-order valence-corrected chi connectivity index (χ2v) is 6.04. The molecule has 1 rings (SSSR count). The highest BCUT2D eigenvalue weighted by molar-refractivity contribution is 4.88. The molecule has 0 bridgehead atoms. The first-order valence-corrected chi connectivity index (χ1v) is 7.52. The fraction of sp³-hybridized carbons (Fsp3) is 1.00. The Hall–Kier alpha value is -0.150. The van der Waals surface area contributed by atoms with Crippen molar-refractivity contribution in [3.63, 3.8) is 0 Å². The maximum atomic E-state index is 12.1. The Morgan fingerprint density at radius 2 is 2.06 bits per heavy atom. The number of unbranched alkanes of at least 4 members (excludes halogenated alkanes) is 3. The van der Waals surface area contributed by atoms with Gasteiger partial charge in [0.05, 0.1) is 12.7 Å². The molecule has 1 atom stereocenters. The average molecular weight is 259 g/mol. The number of halogens is 1. The molecule has 108 valence electrons. The number of ether oxygens (including phenoxy) is 1. The van der Waals surface area contributed by atoms with Crippen LogP contribution < -0.4 is 0 Å². The molecule has 3 heteroatoms. The van der Waals surface area contributed by atoms with Crippen LogP contribution in [0.5, 0.6) is 0 Å². The Bertz CT molecular complexity index is 221. The summed E-state index contributed by atoms with van der Waals surface area (Å²) >= 11 is 0. The number of nitrogens with zero attached hydrogens (tertiary/aromatic N) is 1. The number of hydrogen-bond acceptors (Lipinski definition) is 2. The molecular formula is C15H30FNO. The lowest BCUT2D eigenvalue weighted by Crippen LogP contribution is -2.43. The minimum absolute atomic E-state index is 0.246. The van der Waals surface area contributed by atoms with Crippen LogP contribution in [0.4, 0.5) is 4.39 Å². The molecule has 0 radical (unpaired) electrons. The summed E-state index contributed by atoms with van der Waals surface area (Å²) < 4.78 is 17.6. The molecule has 0 saturated carbocycles. The largest absolute Gasteiger partial charge is 0.374 e. The van der Waals surface area contributed by atoms with Crippen LogP contribution in [-0.2, 0) is 4.74 Å². The topological polar surface area (TPSA) is 12.5 Å². The van der Waals surface area contributed by atoms with Gasteiger partial charge in [0.1, 0.15) is 6.67 Å². The second kappa shape index (κ2) is 8.11. The van der Waals surface area contributed by atoms with E-state index in [-0.39, 0.29) is 24.9 Å². The van der Waals surface area contributed by atoms with E-state index in [1.54, 1.807) is 0 Å². The average Bonchev–Trinajstić information content (AvgIpc) is 2.81. The molecule has 1 heterocycles. The Labute approximate surface area is 112 Å². The molecule has 18 heavy (non-hydrogen) atoms. The van der Waals surface area contributed by atoms with Crippen molar-refractivity contribution < 1.29 is 9.13 Å². The molecule has 1 fully saturated rings. The zero-order valence-corrected chi connectivity index (χ0v) is 12.4. The van der Waals surface area contributed by atoms with Gasteiger partial charge in [0.15, 0.2) is 0 Å². The maximum Gasteiger partial charge on any atom is 0.113 e. The Morgan fingerprint density at radius 1 is 1.28 bits per heavy atom. The van der Waals surface area contributed by atoms with Crippen molar-refractivity contribution in [2.24, 2.45) is 0 Å². The summed E-state index contributed by atoms with van der Waals surface area (Å²) in [7, 11) is 0. The third-order valence-electron chi connectivity index (χ3n) is 4.07. The molecule has 1 aliphatic heterocycles. The first-order chi connectivity index (χ1) is 8.60. The maximum absolute atomic E-state index is 12.1. The summed E-state index contributed by atoms with van der Waals surface area (Å²) in [4.78, 5) is 2.52. The fourth-order valence-corrected chi connectivity index (χ4v) is 2.77. The lowest BCUT2D eigenvalue weighted by atomic mass is 9.94. The van der Waals surface area contributed by atoms with Crippen LogP contribution >= 0.6 is 0 Å². The van der Waals surface area contributed by atoms with E-state index in [1.807, 2.05) is 0 Å². The van der Waals surface area contributed by atoms with Crippen LogP contribution in [0.15, 0.2) is 0 Å². The molecule has 0 aromatic carbocycles. The van der Waals surface area contributed by atoms with Crippen molar-refractivity contribution in [2.45, 2.75) is 70.9 Å². The summed E-state index contributed by atoms with van der Waals surface area (Å²) in [6.07, 6.45) is 7.85. The van der Waals surface area contributed by atoms with Crippen LogP contribution in [-0.4, -0.2) is 42.9 Å². The fourth-order valence-electron chi connectivity index (χ4n) is 2.77. The van der Waals surface area contributed by atoms with Crippen molar-refractivity contribution >= 4 is 0 Å². The smallest absolute Gasteiger partial charge is 0.113 e. The zero-order valence-electron chi connectivity index (χ0n) is 12.4. The number of hydrogen-bond donors (Lipinski definition) is 0. The van der Waals surface area contributed by atoms with E-state index >= 15 is 0 Å². The normalized spacial score (nSPS) is 21.7. The van der Waals surface area contributed by atoms with Crippen LogP contribution in [0.2, 0.25) is 0 Å². The quantitative estimate of drug-likeness (QED) is 0.584. The van der Waals surface area contributed by atoms with Gasteiger partial charge in [-0.1, -0.05) is 32.6 Å². The van der Waals surface area contributed by atoms with Crippen LogP contribution in [0.1, 0.15) is 59.3 Å².